The number of fused-ring (bicyclic) bond motifs is 1. The maximum atomic E-state index is 12.5. The summed E-state index contributed by atoms with van der Waals surface area (Å²) in [6.07, 6.45) is 7.50. The molecule has 6 heteroatoms. The maximum absolute atomic E-state index is 12.5. The van der Waals surface area contributed by atoms with Crippen molar-refractivity contribution in [1.29, 1.82) is 5.26 Å². The topological polar surface area (TPSA) is 83.0 Å². The monoisotopic (exact) mass is 412 g/mol. The van der Waals surface area contributed by atoms with Gasteiger partial charge in [0.05, 0.1) is 11.9 Å². The van der Waals surface area contributed by atoms with Gasteiger partial charge in [0.15, 0.2) is 11.7 Å². The van der Waals surface area contributed by atoms with Gasteiger partial charge in [-0.05, 0) is 42.0 Å². The number of carbonyl (C=O) groups excluding carboxylic acids is 1. The largest absolute Gasteiger partial charge is 0.441 e. The molecule has 0 radical (unpaired) electrons. The first-order valence-corrected chi connectivity index (χ1v) is 10.7. The van der Waals surface area contributed by atoms with Gasteiger partial charge in [0.2, 0.25) is 0 Å². The number of nitriles is 1. The molecule has 0 bridgehead atoms. The molecule has 2 aliphatic rings. The summed E-state index contributed by atoms with van der Waals surface area (Å²) in [7, 11) is 1.79. The van der Waals surface area contributed by atoms with Crippen molar-refractivity contribution in [2.45, 2.75) is 45.6 Å². The molecular formula is C25H24N4O2. The molecule has 6 nitrogen and oxygen atoms in total. The summed E-state index contributed by atoms with van der Waals surface area (Å²) in [6, 6.07) is 11.4. The Morgan fingerprint density at radius 1 is 1.19 bits per heavy atom. The van der Waals surface area contributed by atoms with Crippen LogP contribution in [0.4, 0.5) is 0 Å². The molecule has 2 aromatic heterocycles. The number of hydrogen-bond acceptors (Lipinski definition) is 5. The molecule has 31 heavy (non-hydrogen) atoms. The minimum Gasteiger partial charge on any atom is -0.441 e. The smallest absolute Gasteiger partial charge is 0.254 e. The van der Waals surface area contributed by atoms with Gasteiger partial charge in [-0.3, -0.25) is 4.79 Å². The molecule has 156 valence electrons. The summed E-state index contributed by atoms with van der Waals surface area (Å²) >= 11 is 0. The van der Waals surface area contributed by atoms with Crippen molar-refractivity contribution in [3.05, 3.63) is 59.2 Å². The van der Waals surface area contributed by atoms with E-state index in [-0.39, 0.29) is 11.3 Å². The second-order valence-corrected chi connectivity index (χ2v) is 9.05. The molecule has 0 unspecified atom stereocenters. The Morgan fingerprint density at radius 2 is 2.00 bits per heavy atom. The number of carbonyl (C=O) groups is 1. The molecule has 1 aliphatic heterocycles. The van der Waals surface area contributed by atoms with Crippen molar-refractivity contribution >= 4 is 5.91 Å². The zero-order chi connectivity index (χ0) is 21.6. The van der Waals surface area contributed by atoms with E-state index in [1.54, 1.807) is 24.2 Å². The highest BCUT2D eigenvalue weighted by atomic mass is 16.4. The average molecular weight is 412 g/mol. The molecule has 1 fully saturated rings. The summed E-state index contributed by atoms with van der Waals surface area (Å²) in [5, 5.41) is 9.38. The molecule has 1 amide bonds. The molecule has 1 aliphatic carbocycles. The van der Waals surface area contributed by atoms with Crippen LogP contribution in [0.15, 0.2) is 40.9 Å². The molecule has 1 aromatic carbocycles. The van der Waals surface area contributed by atoms with Gasteiger partial charge in [-0.25, -0.2) is 9.97 Å². The van der Waals surface area contributed by atoms with Crippen LogP contribution in [0.25, 0.3) is 22.6 Å². The molecule has 3 aromatic rings. The predicted octanol–water partition coefficient (Wildman–Crippen LogP) is 4.98. The Balaban J connectivity index is 1.55. The molecule has 0 atom stereocenters. The Hall–Kier alpha value is -3.46. The number of pyridine rings is 1. The van der Waals surface area contributed by atoms with E-state index < -0.39 is 0 Å². The first-order valence-electron chi connectivity index (χ1n) is 10.7. The average Bonchev–Trinajstić information content (AvgIpc) is 3.48. The van der Waals surface area contributed by atoms with Gasteiger partial charge in [-0.1, -0.05) is 31.9 Å². The van der Waals surface area contributed by atoms with Gasteiger partial charge in [0, 0.05) is 36.7 Å². The summed E-state index contributed by atoms with van der Waals surface area (Å²) in [5.41, 5.74) is 4.44. The van der Waals surface area contributed by atoms with Gasteiger partial charge in [0.25, 0.3) is 5.91 Å². The van der Waals surface area contributed by atoms with Crippen molar-refractivity contribution in [1.82, 2.24) is 14.9 Å². The molecule has 1 saturated carbocycles. The van der Waals surface area contributed by atoms with E-state index in [1.165, 1.54) is 25.7 Å². The lowest BCUT2D eigenvalue weighted by molar-refractivity contribution is 0.0816. The summed E-state index contributed by atoms with van der Waals surface area (Å²) in [6.45, 7) is 2.91. The Labute approximate surface area is 181 Å². The number of benzene rings is 1. The highest BCUT2D eigenvalue weighted by Gasteiger charge is 2.31. The molecule has 0 N–H and O–H groups in total. The zero-order valence-electron chi connectivity index (χ0n) is 17.8. The first kappa shape index (κ1) is 19.5. The maximum Gasteiger partial charge on any atom is 0.254 e. The van der Waals surface area contributed by atoms with Gasteiger partial charge in [0.1, 0.15) is 11.8 Å². The van der Waals surface area contributed by atoms with Gasteiger partial charge in [-0.15, -0.1) is 0 Å². The zero-order valence-corrected chi connectivity index (χ0v) is 17.8. The number of rotatable bonds is 4. The fourth-order valence-corrected chi connectivity index (χ4v) is 4.82. The van der Waals surface area contributed by atoms with Crippen LogP contribution in [0.5, 0.6) is 0 Å². The van der Waals surface area contributed by atoms with E-state index in [0.717, 1.165) is 29.0 Å². The lowest BCUT2D eigenvalue weighted by Crippen LogP contribution is -2.17. The Bertz CT molecular complexity index is 1210. The highest BCUT2D eigenvalue weighted by Crippen LogP contribution is 2.41. The number of hydrogen-bond donors (Lipinski definition) is 0. The van der Waals surface area contributed by atoms with Crippen molar-refractivity contribution in [3.63, 3.8) is 0 Å². The predicted molar refractivity (Wildman–Crippen MR) is 116 cm³/mol. The van der Waals surface area contributed by atoms with Crippen molar-refractivity contribution in [3.8, 4) is 28.7 Å². The van der Waals surface area contributed by atoms with E-state index in [2.05, 4.69) is 23.0 Å². The van der Waals surface area contributed by atoms with E-state index in [9.17, 15) is 10.1 Å². The Morgan fingerprint density at radius 3 is 2.77 bits per heavy atom. The second-order valence-electron chi connectivity index (χ2n) is 9.05. The van der Waals surface area contributed by atoms with Crippen LogP contribution in [0, 0.1) is 16.7 Å². The fraction of sp³-hybridized carbons (Fsp3) is 0.360. The SMILES string of the molecule is CN1Cc2ccc(-c3nc(C#N)ccc3-c3cnc(CC4(C)CCCC4)o3)cc2C1=O. The number of aromatic nitrogens is 2. The summed E-state index contributed by atoms with van der Waals surface area (Å²) in [5.74, 6) is 1.37. The van der Waals surface area contributed by atoms with E-state index in [0.29, 0.717) is 29.3 Å². The van der Waals surface area contributed by atoms with Crippen molar-refractivity contribution in [2.75, 3.05) is 7.05 Å². The quantitative estimate of drug-likeness (QED) is 0.603. The lowest BCUT2D eigenvalue weighted by atomic mass is 9.85. The summed E-state index contributed by atoms with van der Waals surface area (Å²) in [4.78, 5) is 23.3. The van der Waals surface area contributed by atoms with Gasteiger partial charge >= 0.3 is 0 Å². The van der Waals surface area contributed by atoms with E-state index in [1.807, 2.05) is 24.3 Å². The second kappa shape index (κ2) is 7.35. The Kier molecular flexibility index (Phi) is 4.62. The van der Waals surface area contributed by atoms with Crippen LogP contribution in [0.2, 0.25) is 0 Å². The molecular weight excluding hydrogens is 388 g/mol. The highest BCUT2D eigenvalue weighted by molar-refractivity contribution is 5.99. The van der Waals surface area contributed by atoms with Crippen molar-refractivity contribution < 1.29 is 9.21 Å². The molecule has 5 rings (SSSR count). The minimum atomic E-state index is 0.00148. The number of oxazole rings is 1. The van der Waals surface area contributed by atoms with Gasteiger partial charge in [-0.2, -0.15) is 5.26 Å². The normalized spacial score (nSPS) is 17.1. The minimum absolute atomic E-state index is 0.00148. The third kappa shape index (κ3) is 3.50. The fourth-order valence-electron chi connectivity index (χ4n) is 4.82. The van der Waals surface area contributed by atoms with E-state index >= 15 is 0 Å². The third-order valence-corrected chi connectivity index (χ3v) is 6.59. The summed E-state index contributed by atoms with van der Waals surface area (Å²) < 4.78 is 6.15. The van der Waals surface area contributed by atoms with Crippen LogP contribution in [0.3, 0.4) is 0 Å². The number of amides is 1. The molecule has 3 heterocycles. The lowest BCUT2D eigenvalue weighted by Gasteiger charge is -2.20. The molecule has 0 saturated heterocycles. The van der Waals surface area contributed by atoms with Gasteiger partial charge < -0.3 is 9.32 Å². The number of nitrogens with zero attached hydrogens (tertiary/aromatic N) is 4. The van der Waals surface area contributed by atoms with Crippen LogP contribution < -0.4 is 0 Å². The standard InChI is InChI=1S/C25H24N4O2/c1-25(9-3-4-10-25)12-22-27-14-21(31-22)19-8-7-18(13-26)28-23(19)16-5-6-17-15-29(2)24(30)20(17)11-16/h5-8,11,14H,3-4,9-10,12,15H2,1-2H3. The van der Waals surface area contributed by atoms with Crippen LogP contribution >= 0.6 is 0 Å². The first-order chi connectivity index (χ1) is 15.0. The van der Waals surface area contributed by atoms with Crippen LogP contribution in [0.1, 0.15) is 60.1 Å². The van der Waals surface area contributed by atoms with Crippen LogP contribution in [-0.2, 0) is 13.0 Å². The molecule has 0 spiro atoms. The van der Waals surface area contributed by atoms with E-state index in [4.69, 9.17) is 4.42 Å². The third-order valence-electron chi connectivity index (χ3n) is 6.59. The van der Waals surface area contributed by atoms with Crippen LogP contribution in [-0.4, -0.2) is 27.8 Å². The van der Waals surface area contributed by atoms with Crippen molar-refractivity contribution in [2.24, 2.45) is 5.41 Å².